The molecule has 1 aliphatic rings. The molecule has 39 heavy (non-hydrogen) atoms. The molecule has 0 aromatic heterocycles. The lowest BCUT2D eigenvalue weighted by molar-refractivity contribution is -0.544. The molecule has 0 bridgehead atoms. The molecular weight excluding hydrogens is 538 g/mol. The minimum Gasteiger partial charge on any atom is -0.462 e. The number of nitrogens with zero attached hydrogens (tertiary/aromatic N) is 1. The first kappa shape index (κ1) is 33.7. The normalized spacial score (nSPS) is 21.9. The molecule has 0 radical (unpaired) electrons. The van der Waals surface area contributed by atoms with Crippen LogP contribution in [0.1, 0.15) is 41.0 Å². The van der Waals surface area contributed by atoms with E-state index in [1.165, 1.54) is 0 Å². The highest BCUT2D eigenvalue weighted by molar-refractivity contribution is 6.69. The lowest BCUT2D eigenvalue weighted by atomic mass is 9.79. The Morgan fingerprint density at radius 3 is 1.79 bits per heavy atom. The average molecular weight is 576 g/mol. The topological polar surface area (TPSA) is 184 Å². The Kier molecular flexibility index (Phi) is 12.7. The molecule has 0 spiro atoms. The largest absolute Gasteiger partial charge is 0.462 e. The highest BCUT2D eigenvalue weighted by atomic mass is 28.4. The summed E-state index contributed by atoms with van der Waals surface area (Å²) in [7, 11) is -2.31. The first-order valence-electron chi connectivity index (χ1n) is 12.2. The van der Waals surface area contributed by atoms with Crippen LogP contribution in [-0.2, 0) is 52.1 Å². The molecule has 1 aliphatic carbocycles. The van der Waals surface area contributed by atoms with E-state index < -0.39 is 92.2 Å². The summed E-state index contributed by atoms with van der Waals surface area (Å²) < 4.78 is 32.6. The lowest BCUT2D eigenvalue weighted by Gasteiger charge is -2.41. The van der Waals surface area contributed by atoms with Crippen molar-refractivity contribution in [1.29, 1.82) is 0 Å². The first-order chi connectivity index (χ1) is 17.9. The molecule has 0 unspecified atom stereocenters. The van der Waals surface area contributed by atoms with Crippen molar-refractivity contribution in [2.75, 3.05) is 6.61 Å². The monoisotopic (exact) mass is 575 g/mol. The second kappa shape index (κ2) is 14.7. The van der Waals surface area contributed by atoms with Crippen molar-refractivity contribution in [3.63, 3.8) is 0 Å². The maximum absolute atomic E-state index is 12.3. The Bertz CT molecular complexity index is 960. The van der Waals surface area contributed by atoms with E-state index in [2.05, 4.69) is 0 Å². The van der Waals surface area contributed by atoms with Gasteiger partial charge in [-0.15, -0.1) is 0 Å². The summed E-state index contributed by atoms with van der Waals surface area (Å²) >= 11 is 0. The maximum Gasteiger partial charge on any atom is 0.303 e. The van der Waals surface area contributed by atoms with Gasteiger partial charge in [0.2, 0.25) is 6.04 Å². The van der Waals surface area contributed by atoms with Crippen LogP contribution in [0.3, 0.4) is 0 Å². The van der Waals surface area contributed by atoms with E-state index in [1.54, 1.807) is 12.2 Å². The summed E-state index contributed by atoms with van der Waals surface area (Å²) in [6.07, 6.45) is -4.31. The number of rotatable bonds is 13. The Morgan fingerprint density at radius 1 is 0.846 bits per heavy atom. The van der Waals surface area contributed by atoms with E-state index in [4.69, 9.17) is 28.1 Å². The minimum absolute atomic E-state index is 0.00187. The third-order valence-electron chi connectivity index (χ3n) is 5.35. The van der Waals surface area contributed by atoms with Crippen LogP contribution in [0.5, 0.6) is 0 Å². The van der Waals surface area contributed by atoms with Crippen LogP contribution in [0.25, 0.3) is 0 Å². The number of carbonyl (C=O) groups excluding carboxylic acids is 5. The quantitative estimate of drug-likeness (QED) is 0.0773. The molecule has 15 heteroatoms. The van der Waals surface area contributed by atoms with Crippen LogP contribution in [0.2, 0.25) is 19.6 Å². The van der Waals surface area contributed by atoms with Crippen molar-refractivity contribution in [3.8, 4) is 0 Å². The Labute approximate surface area is 227 Å². The minimum atomic E-state index is -2.31. The van der Waals surface area contributed by atoms with E-state index in [0.717, 1.165) is 34.6 Å². The van der Waals surface area contributed by atoms with Gasteiger partial charge in [-0.2, -0.15) is 0 Å². The first-order valence-corrected chi connectivity index (χ1v) is 15.6. The number of ether oxygens (including phenoxy) is 5. The van der Waals surface area contributed by atoms with Crippen LogP contribution in [0.15, 0.2) is 12.2 Å². The maximum atomic E-state index is 12.3. The number of esters is 5. The van der Waals surface area contributed by atoms with Crippen LogP contribution >= 0.6 is 0 Å². The van der Waals surface area contributed by atoms with Crippen molar-refractivity contribution >= 4 is 38.2 Å². The van der Waals surface area contributed by atoms with Gasteiger partial charge in [-0.05, 0) is 26.1 Å². The Hall–Kier alpha value is -3.33. The lowest BCUT2D eigenvalue weighted by Crippen LogP contribution is -2.59. The fraction of sp³-hybridized carbons (Fsp3) is 0.708. The van der Waals surface area contributed by atoms with Crippen molar-refractivity contribution in [2.24, 2.45) is 5.92 Å². The van der Waals surface area contributed by atoms with Gasteiger partial charge < -0.3 is 28.1 Å². The summed E-state index contributed by atoms with van der Waals surface area (Å²) in [6.45, 7) is 10.2. The second-order valence-corrected chi connectivity index (χ2v) is 14.4. The van der Waals surface area contributed by atoms with Crippen molar-refractivity contribution < 1.29 is 57.0 Å². The summed E-state index contributed by atoms with van der Waals surface area (Å²) in [4.78, 5) is 71.8. The number of hydrogen-bond acceptors (Lipinski definition) is 13. The number of carbonyl (C=O) groups is 5. The number of nitro groups is 1. The predicted molar refractivity (Wildman–Crippen MR) is 135 cm³/mol. The van der Waals surface area contributed by atoms with Gasteiger partial charge in [-0.1, -0.05) is 12.2 Å². The molecule has 0 fully saturated rings. The standard InChI is InChI=1S/C24H37NO13Si/c1-13(26)33-12-20(34-14(2)27)23(36-16(4)29)24(37-17(5)30)22(35-15(3)28)18-10-9-11-19(21(18)25(31)32)38-39(6,7)8/h9,11,18-24H,10,12H2,1-8H3/t18-,19-,20-,21+,22-,23-,24-/m1/s1. The molecule has 14 nitrogen and oxygen atoms in total. The number of hydrogen-bond donors (Lipinski definition) is 0. The van der Waals surface area contributed by atoms with Gasteiger partial charge in [0.15, 0.2) is 32.7 Å². The zero-order chi connectivity index (χ0) is 30.1. The highest BCUT2D eigenvalue weighted by Crippen LogP contribution is 2.34. The van der Waals surface area contributed by atoms with Gasteiger partial charge in [-0.3, -0.25) is 34.1 Å². The van der Waals surface area contributed by atoms with Crippen LogP contribution in [0.4, 0.5) is 0 Å². The summed E-state index contributed by atoms with van der Waals surface area (Å²) in [5.74, 6) is -5.45. The zero-order valence-corrected chi connectivity index (χ0v) is 24.4. The molecule has 0 saturated heterocycles. The fourth-order valence-corrected chi connectivity index (χ4v) is 5.28. The van der Waals surface area contributed by atoms with E-state index in [-0.39, 0.29) is 6.42 Å². The Balaban J connectivity index is 3.77. The van der Waals surface area contributed by atoms with Gasteiger partial charge in [0.05, 0.1) is 5.92 Å². The smallest absolute Gasteiger partial charge is 0.303 e. The summed E-state index contributed by atoms with van der Waals surface area (Å²) in [5, 5.41) is 12.3. The molecule has 0 aliphatic heterocycles. The molecule has 220 valence electrons. The van der Waals surface area contributed by atoms with Crippen molar-refractivity contribution in [3.05, 3.63) is 22.3 Å². The molecular formula is C24H37NO13Si. The third kappa shape index (κ3) is 11.5. The van der Waals surface area contributed by atoms with Gasteiger partial charge in [-0.25, -0.2) is 0 Å². The summed E-state index contributed by atoms with van der Waals surface area (Å²) in [6, 6.07) is -1.46. The van der Waals surface area contributed by atoms with E-state index >= 15 is 0 Å². The van der Waals surface area contributed by atoms with Crippen LogP contribution in [0, 0.1) is 16.0 Å². The molecule has 0 heterocycles. The number of allylic oxidation sites excluding steroid dienone is 1. The highest BCUT2D eigenvalue weighted by Gasteiger charge is 2.54. The van der Waals surface area contributed by atoms with Gasteiger partial charge in [0.1, 0.15) is 12.7 Å². The molecule has 0 amide bonds. The third-order valence-corrected chi connectivity index (χ3v) is 6.33. The fourth-order valence-electron chi connectivity index (χ4n) is 4.25. The molecule has 0 aromatic rings. The molecule has 7 atom stereocenters. The molecule has 0 aromatic carbocycles. The Morgan fingerprint density at radius 2 is 1.36 bits per heavy atom. The molecule has 0 N–H and O–H groups in total. The summed E-state index contributed by atoms with van der Waals surface area (Å²) in [5.41, 5.74) is 0. The van der Waals surface area contributed by atoms with Crippen LogP contribution < -0.4 is 0 Å². The molecule has 1 rings (SSSR count). The second-order valence-electron chi connectivity index (χ2n) is 9.97. The van der Waals surface area contributed by atoms with E-state index in [9.17, 15) is 34.1 Å². The zero-order valence-electron chi connectivity index (χ0n) is 23.4. The van der Waals surface area contributed by atoms with Crippen molar-refractivity contribution in [1.82, 2.24) is 0 Å². The van der Waals surface area contributed by atoms with Crippen LogP contribution in [-0.4, -0.2) is 86.3 Å². The van der Waals surface area contributed by atoms with Gasteiger partial charge >= 0.3 is 29.8 Å². The van der Waals surface area contributed by atoms with Crippen molar-refractivity contribution in [2.45, 2.75) is 97.2 Å². The van der Waals surface area contributed by atoms with E-state index in [0.29, 0.717) is 0 Å². The SMILES string of the molecule is CC(=O)OC[C@@H](OC(C)=O)[C@@H](OC(C)=O)[C@H](OC(C)=O)[C@H](OC(C)=O)[C@@H]1CC=C[C@@H](O[Si](C)(C)C)[C@H]1[N+](=O)[O-]. The van der Waals surface area contributed by atoms with E-state index in [1.807, 2.05) is 19.6 Å². The van der Waals surface area contributed by atoms with Gasteiger partial charge in [0.25, 0.3) is 0 Å². The molecule has 0 saturated carbocycles. The predicted octanol–water partition coefficient (Wildman–Crippen LogP) is 1.72. The van der Waals surface area contributed by atoms with Gasteiger partial charge in [0, 0.05) is 39.5 Å². The average Bonchev–Trinajstić information content (AvgIpc) is 2.75.